The van der Waals surface area contributed by atoms with Crippen LogP contribution >= 0.6 is 0 Å². The van der Waals surface area contributed by atoms with E-state index in [0.717, 1.165) is 16.9 Å². The lowest BCUT2D eigenvalue weighted by Gasteiger charge is -2.34. The molecule has 0 spiro atoms. The fourth-order valence-corrected chi connectivity index (χ4v) is 4.53. The van der Waals surface area contributed by atoms with Gasteiger partial charge < -0.3 is 15.2 Å². The topological polar surface area (TPSA) is 87.9 Å². The summed E-state index contributed by atoms with van der Waals surface area (Å²) in [5.74, 6) is 0.894. The third-order valence-electron chi connectivity index (χ3n) is 6.22. The highest BCUT2D eigenvalue weighted by Gasteiger charge is 2.32. The molecule has 35 heavy (non-hydrogen) atoms. The molecule has 1 atom stereocenters. The van der Waals surface area contributed by atoms with E-state index in [0.29, 0.717) is 37.2 Å². The van der Waals surface area contributed by atoms with Crippen molar-refractivity contribution in [2.24, 2.45) is 11.7 Å². The van der Waals surface area contributed by atoms with Crippen LogP contribution in [0.15, 0.2) is 78.9 Å². The molecule has 2 N–H and O–H groups in total. The van der Waals surface area contributed by atoms with Crippen molar-refractivity contribution in [2.75, 3.05) is 13.1 Å². The number of benzene rings is 3. The van der Waals surface area contributed by atoms with E-state index in [-0.39, 0.29) is 17.9 Å². The van der Waals surface area contributed by atoms with E-state index in [2.05, 4.69) is 42.7 Å². The van der Waals surface area contributed by atoms with E-state index in [1.54, 1.807) is 24.3 Å². The number of para-hydroxylation sites is 2. The van der Waals surface area contributed by atoms with Crippen LogP contribution in [-0.4, -0.2) is 33.4 Å². The molecule has 0 radical (unpaired) electrons. The number of nitrogens with two attached hydrogens (primary N) is 1. The zero-order valence-corrected chi connectivity index (χ0v) is 20.3. The molecular formula is C29H31N5O. The third-order valence-corrected chi connectivity index (χ3v) is 6.22. The van der Waals surface area contributed by atoms with Gasteiger partial charge in [-0.1, -0.05) is 56.3 Å². The van der Waals surface area contributed by atoms with Gasteiger partial charge in [-0.2, -0.15) is 5.26 Å². The molecule has 0 aliphatic heterocycles. The van der Waals surface area contributed by atoms with Gasteiger partial charge >= 0.3 is 0 Å². The van der Waals surface area contributed by atoms with Gasteiger partial charge in [0.25, 0.3) is 5.91 Å². The molecule has 4 rings (SSSR count). The molecule has 0 bridgehead atoms. The monoisotopic (exact) mass is 465 g/mol. The van der Waals surface area contributed by atoms with Crippen LogP contribution in [0.1, 0.15) is 53.6 Å². The maximum atomic E-state index is 13.8. The van der Waals surface area contributed by atoms with Crippen molar-refractivity contribution in [1.82, 2.24) is 14.5 Å². The van der Waals surface area contributed by atoms with E-state index in [1.165, 1.54) is 5.56 Å². The van der Waals surface area contributed by atoms with Crippen molar-refractivity contribution in [2.45, 2.75) is 32.9 Å². The van der Waals surface area contributed by atoms with Crippen LogP contribution < -0.4 is 5.73 Å². The highest BCUT2D eigenvalue weighted by atomic mass is 16.2. The summed E-state index contributed by atoms with van der Waals surface area (Å²) < 4.78 is 2.23. The van der Waals surface area contributed by atoms with Gasteiger partial charge in [0.15, 0.2) is 0 Å². The first-order valence-corrected chi connectivity index (χ1v) is 12.0. The van der Waals surface area contributed by atoms with Gasteiger partial charge in [-0.25, -0.2) is 4.98 Å². The van der Waals surface area contributed by atoms with Crippen LogP contribution in [0.3, 0.4) is 0 Å². The molecule has 0 fully saturated rings. The third kappa shape index (κ3) is 5.26. The first-order valence-electron chi connectivity index (χ1n) is 12.0. The standard InChI is InChI=1S/C29H31N5O/c1-21(2)27(33(18-8-17-30)29(35)24-15-13-22(19-31)14-16-24)28-32-25-11-6-7-12-26(25)34(28)20-23-9-4-3-5-10-23/h3-7,9-16,21,27H,8,17-18,20,30H2,1-2H3. The lowest BCUT2D eigenvalue weighted by atomic mass is 9.99. The number of aromatic nitrogens is 2. The molecule has 0 saturated heterocycles. The maximum absolute atomic E-state index is 13.8. The Morgan fingerprint density at radius 1 is 1.03 bits per heavy atom. The Bertz CT molecular complexity index is 1320. The van der Waals surface area contributed by atoms with Crippen LogP contribution in [0.4, 0.5) is 0 Å². The fraction of sp³-hybridized carbons (Fsp3) is 0.276. The van der Waals surface area contributed by atoms with E-state index >= 15 is 0 Å². The number of fused-ring (bicyclic) bond motifs is 1. The van der Waals surface area contributed by atoms with Crippen molar-refractivity contribution in [3.63, 3.8) is 0 Å². The van der Waals surface area contributed by atoms with E-state index in [4.69, 9.17) is 16.0 Å². The van der Waals surface area contributed by atoms with Crippen molar-refractivity contribution >= 4 is 16.9 Å². The minimum absolute atomic E-state index is 0.0834. The maximum Gasteiger partial charge on any atom is 0.254 e. The number of amides is 1. The smallest absolute Gasteiger partial charge is 0.254 e. The van der Waals surface area contributed by atoms with Crippen LogP contribution in [-0.2, 0) is 6.54 Å². The lowest BCUT2D eigenvalue weighted by molar-refractivity contribution is 0.0605. The number of carbonyl (C=O) groups excluding carboxylic acids is 1. The highest BCUT2D eigenvalue weighted by molar-refractivity contribution is 5.94. The first-order chi connectivity index (χ1) is 17.0. The Morgan fingerprint density at radius 3 is 2.37 bits per heavy atom. The van der Waals surface area contributed by atoms with Crippen molar-refractivity contribution in [3.05, 3.63) is 101 Å². The van der Waals surface area contributed by atoms with Crippen molar-refractivity contribution in [3.8, 4) is 6.07 Å². The molecule has 0 aliphatic carbocycles. The second-order valence-corrected chi connectivity index (χ2v) is 9.05. The van der Waals surface area contributed by atoms with E-state index < -0.39 is 0 Å². The van der Waals surface area contributed by atoms with Gasteiger partial charge in [0.1, 0.15) is 5.82 Å². The van der Waals surface area contributed by atoms with Gasteiger partial charge in [-0.05, 0) is 60.8 Å². The second-order valence-electron chi connectivity index (χ2n) is 9.05. The summed E-state index contributed by atoms with van der Waals surface area (Å²) in [5, 5.41) is 9.15. The largest absolute Gasteiger partial charge is 0.330 e. The molecule has 1 unspecified atom stereocenters. The number of carbonyl (C=O) groups is 1. The average Bonchev–Trinajstić information content (AvgIpc) is 3.24. The Balaban J connectivity index is 1.82. The summed E-state index contributed by atoms with van der Waals surface area (Å²) in [6.45, 7) is 5.92. The number of nitrogens with zero attached hydrogens (tertiary/aromatic N) is 4. The molecule has 1 amide bonds. The molecule has 3 aromatic carbocycles. The normalized spacial score (nSPS) is 12.0. The zero-order chi connectivity index (χ0) is 24.8. The molecule has 6 nitrogen and oxygen atoms in total. The Kier molecular flexibility index (Phi) is 7.59. The minimum atomic E-state index is -0.249. The van der Waals surface area contributed by atoms with Gasteiger partial charge in [0.2, 0.25) is 0 Å². The van der Waals surface area contributed by atoms with Crippen LogP contribution in [0.2, 0.25) is 0 Å². The molecule has 0 aliphatic rings. The van der Waals surface area contributed by atoms with E-state index in [1.807, 2.05) is 41.3 Å². The first kappa shape index (κ1) is 24.2. The molecule has 4 aromatic rings. The van der Waals surface area contributed by atoms with Gasteiger partial charge in [0.05, 0.1) is 28.7 Å². The van der Waals surface area contributed by atoms with Gasteiger partial charge in [-0.15, -0.1) is 0 Å². The predicted octanol–water partition coefficient (Wildman–Crippen LogP) is 5.14. The lowest BCUT2D eigenvalue weighted by Crippen LogP contribution is -2.40. The quantitative estimate of drug-likeness (QED) is 0.370. The molecule has 1 aromatic heterocycles. The summed E-state index contributed by atoms with van der Waals surface area (Å²) in [4.78, 5) is 20.8. The number of rotatable bonds is 9. The van der Waals surface area contributed by atoms with Crippen LogP contribution in [0, 0.1) is 17.2 Å². The molecular weight excluding hydrogens is 434 g/mol. The average molecular weight is 466 g/mol. The molecule has 178 valence electrons. The summed E-state index contributed by atoms with van der Waals surface area (Å²) in [6, 6.07) is 27.1. The van der Waals surface area contributed by atoms with Crippen LogP contribution in [0.5, 0.6) is 0 Å². The van der Waals surface area contributed by atoms with E-state index in [9.17, 15) is 4.79 Å². The second kappa shape index (κ2) is 11.0. The van der Waals surface area contributed by atoms with Crippen LogP contribution in [0.25, 0.3) is 11.0 Å². The summed E-state index contributed by atoms with van der Waals surface area (Å²) in [7, 11) is 0. The highest BCUT2D eigenvalue weighted by Crippen LogP contribution is 2.33. The predicted molar refractivity (Wildman–Crippen MR) is 139 cm³/mol. The number of imidazole rings is 1. The molecule has 0 saturated carbocycles. The summed E-state index contributed by atoms with van der Waals surface area (Å²) in [6.07, 6.45) is 0.685. The molecule has 1 heterocycles. The SMILES string of the molecule is CC(C)C(c1nc2ccccc2n1Cc1ccccc1)N(CCCN)C(=O)c1ccc(C#N)cc1. The van der Waals surface area contributed by atoms with Crippen molar-refractivity contribution < 1.29 is 4.79 Å². The van der Waals surface area contributed by atoms with Crippen molar-refractivity contribution in [1.29, 1.82) is 5.26 Å². The number of hydrogen-bond donors (Lipinski definition) is 1. The Hall–Kier alpha value is -3.95. The number of nitriles is 1. The Morgan fingerprint density at radius 2 is 1.71 bits per heavy atom. The summed E-state index contributed by atoms with van der Waals surface area (Å²) in [5.41, 5.74) is 10.1. The van der Waals surface area contributed by atoms with Gasteiger partial charge in [0, 0.05) is 18.7 Å². The molecule has 6 heteroatoms. The van der Waals surface area contributed by atoms with Gasteiger partial charge in [-0.3, -0.25) is 4.79 Å². The fourth-order valence-electron chi connectivity index (χ4n) is 4.53. The minimum Gasteiger partial charge on any atom is -0.330 e. The summed E-state index contributed by atoms with van der Waals surface area (Å²) >= 11 is 0. The zero-order valence-electron chi connectivity index (χ0n) is 20.3. The number of hydrogen-bond acceptors (Lipinski definition) is 4. The Labute approximate surface area is 206 Å².